The quantitative estimate of drug-likeness (QED) is 0.843. The Bertz CT molecular complexity index is 531. The molecular weight excluding hydrogens is 318 g/mol. The molecule has 6 heteroatoms. The lowest BCUT2D eigenvalue weighted by Gasteiger charge is -2.15. The topological polar surface area (TPSA) is 47.7 Å². The van der Waals surface area contributed by atoms with E-state index in [1.54, 1.807) is 0 Å². The number of nitrogens with zero attached hydrogens (tertiary/aromatic N) is 4. The lowest BCUT2D eigenvalue weighted by molar-refractivity contribution is 0.432. The van der Waals surface area contributed by atoms with Crippen LogP contribution < -0.4 is 5.32 Å². The molecule has 0 aliphatic rings. The van der Waals surface area contributed by atoms with Gasteiger partial charge in [0, 0.05) is 31.2 Å². The highest BCUT2D eigenvalue weighted by atomic mass is 79.9. The average molecular weight is 340 g/mol. The van der Waals surface area contributed by atoms with Crippen LogP contribution in [0.5, 0.6) is 0 Å². The fourth-order valence-corrected chi connectivity index (χ4v) is 2.44. The van der Waals surface area contributed by atoms with Crippen molar-refractivity contribution >= 4 is 15.9 Å². The van der Waals surface area contributed by atoms with Crippen molar-refractivity contribution in [1.29, 1.82) is 0 Å². The van der Waals surface area contributed by atoms with Crippen LogP contribution in [0.15, 0.2) is 29.3 Å². The fraction of sp³-hybridized carbons (Fsp3) is 0.571. The molecular formula is C14H22BrN5. The Morgan fingerprint density at radius 3 is 2.75 bits per heavy atom. The van der Waals surface area contributed by atoms with Gasteiger partial charge in [-0.3, -0.25) is 4.68 Å². The van der Waals surface area contributed by atoms with Crippen molar-refractivity contribution in [3.8, 4) is 0 Å². The molecule has 2 heterocycles. The maximum absolute atomic E-state index is 4.42. The van der Waals surface area contributed by atoms with Crippen molar-refractivity contribution in [2.45, 2.75) is 46.4 Å². The van der Waals surface area contributed by atoms with Gasteiger partial charge in [-0.15, -0.1) is 0 Å². The third-order valence-electron chi connectivity index (χ3n) is 3.03. The van der Waals surface area contributed by atoms with Crippen molar-refractivity contribution in [3.63, 3.8) is 0 Å². The zero-order valence-electron chi connectivity index (χ0n) is 12.3. The second-order valence-corrected chi connectivity index (χ2v) is 6.47. The first kappa shape index (κ1) is 15.3. The van der Waals surface area contributed by atoms with E-state index in [9.17, 15) is 0 Å². The normalized spacial score (nSPS) is 13.1. The van der Waals surface area contributed by atoms with Crippen molar-refractivity contribution in [2.24, 2.45) is 5.92 Å². The minimum Gasteiger partial charge on any atom is -0.334 e. The molecule has 0 aliphatic carbocycles. The molecule has 1 atom stereocenters. The molecule has 0 saturated heterocycles. The molecule has 5 nitrogen and oxygen atoms in total. The van der Waals surface area contributed by atoms with Gasteiger partial charge in [-0.25, -0.2) is 4.98 Å². The summed E-state index contributed by atoms with van der Waals surface area (Å²) in [7, 11) is 0. The van der Waals surface area contributed by atoms with Gasteiger partial charge < -0.3 is 9.88 Å². The lowest BCUT2D eigenvalue weighted by Crippen LogP contribution is -2.31. The van der Waals surface area contributed by atoms with Crippen molar-refractivity contribution in [3.05, 3.63) is 35.1 Å². The number of hydrogen-bond acceptors (Lipinski definition) is 3. The molecule has 0 amide bonds. The van der Waals surface area contributed by atoms with Crippen LogP contribution in [0.1, 0.15) is 26.6 Å². The van der Waals surface area contributed by atoms with E-state index in [2.05, 4.69) is 56.7 Å². The van der Waals surface area contributed by atoms with Crippen LogP contribution in [0.2, 0.25) is 0 Å². The summed E-state index contributed by atoms with van der Waals surface area (Å²) in [6, 6.07) is 0.339. The van der Waals surface area contributed by atoms with Crippen LogP contribution in [0, 0.1) is 5.92 Å². The highest BCUT2D eigenvalue weighted by Gasteiger charge is 2.08. The van der Waals surface area contributed by atoms with E-state index >= 15 is 0 Å². The summed E-state index contributed by atoms with van der Waals surface area (Å²) < 4.78 is 5.16. The number of aromatic nitrogens is 4. The van der Waals surface area contributed by atoms with Crippen LogP contribution in [-0.2, 0) is 19.6 Å². The van der Waals surface area contributed by atoms with Gasteiger partial charge in [-0.05, 0) is 28.8 Å². The molecule has 0 saturated carbocycles. The summed E-state index contributed by atoms with van der Waals surface area (Å²) in [5.41, 5.74) is 0. The van der Waals surface area contributed by atoms with Crippen LogP contribution in [-0.4, -0.2) is 25.4 Å². The molecule has 110 valence electrons. The van der Waals surface area contributed by atoms with E-state index in [-0.39, 0.29) is 0 Å². The minimum absolute atomic E-state index is 0.339. The van der Waals surface area contributed by atoms with Gasteiger partial charge in [0.05, 0.1) is 23.8 Å². The average Bonchev–Trinajstić information content (AvgIpc) is 2.96. The van der Waals surface area contributed by atoms with E-state index in [0.29, 0.717) is 12.0 Å². The summed E-state index contributed by atoms with van der Waals surface area (Å²) in [4.78, 5) is 4.42. The van der Waals surface area contributed by atoms with Gasteiger partial charge in [-0.1, -0.05) is 13.8 Å². The number of nitrogens with one attached hydrogen (secondary N) is 1. The molecule has 2 aromatic rings. The minimum atomic E-state index is 0.339. The third-order valence-corrected chi connectivity index (χ3v) is 3.44. The number of hydrogen-bond donors (Lipinski definition) is 1. The SMILES string of the molecule is CC(C)Cn1ccnc1CNC(C)Cn1cc(Br)cn1. The number of halogens is 1. The number of imidazole rings is 1. The lowest BCUT2D eigenvalue weighted by atomic mass is 10.2. The zero-order valence-corrected chi connectivity index (χ0v) is 13.8. The summed E-state index contributed by atoms with van der Waals surface area (Å²) in [5, 5.41) is 7.76. The van der Waals surface area contributed by atoms with Gasteiger partial charge in [0.1, 0.15) is 5.82 Å². The second-order valence-electron chi connectivity index (χ2n) is 5.55. The predicted octanol–water partition coefficient (Wildman–Crippen LogP) is 2.68. The molecule has 0 fully saturated rings. The molecule has 0 aliphatic heterocycles. The first-order valence-electron chi connectivity index (χ1n) is 6.96. The van der Waals surface area contributed by atoms with Gasteiger partial charge in [0.25, 0.3) is 0 Å². The van der Waals surface area contributed by atoms with Crippen LogP contribution in [0.4, 0.5) is 0 Å². The summed E-state index contributed by atoms with van der Waals surface area (Å²) in [6.07, 6.45) is 7.71. The van der Waals surface area contributed by atoms with E-state index < -0.39 is 0 Å². The number of rotatable bonds is 7. The molecule has 0 radical (unpaired) electrons. The highest BCUT2D eigenvalue weighted by molar-refractivity contribution is 9.10. The molecule has 2 aromatic heterocycles. The first-order valence-corrected chi connectivity index (χ1v) is 7.75. The molecule has 0 bridgehead atoms. The van der Waals surface area contributed by atoms with E-state index in [4.69, 9.17) is 0 Å². The molecule has 1 N–H and O–H groups in total. The molecule has 0 spiro atoms. The fourth-order valence-electron chi connectivity index (χ4n) is 2.12. The van der Waals surface area contributed by atoms with Crippen LogP contribution in [0.3, 0.4) is 0 Å². The Labute approximate surface area is 128 Å². The molecule has 2 rings (SSSR count). The van der Waals surface area contributed by atoms with Crippen LogP contribution in [0.25, 0.3) is 0 Å². The maximum Gasteiger partial charge on any atom is 0.122 e. The maximum atomic E-state index is 4.42. The van der Waals surface area contributed by atoms with E-state index in [1.807, 2.05) is 29.5 Å². The summed E-state index contributed by atoms with van der Waals surface area (Å²) in [5.74, 6) is 1.72. The summed E-state index contributed by atoms with van der Waals surface area (Å²) >= 11 is 3.41. The van der Waals surface area contributed by atoms with Gasteiger partial charge in [-0.2, -0.15) is 5.10 Å². The standard InChI is InChI=1S/C14H22BrN5/c1-11(2)8-19-5-4-16-14(19)7-17-12(3)9-20-10-13(15)6-18-20/h4-6,10-12,17H,7-9H2,1-3H3. The zero-order chi connectivity index (χ0) is 14.5. The Kier molecular flexibility index (Phi) is 5.37. The summed E-state index contributed by atoms with van der Waals surface area (Å²) in [6.45, 7) is 9.23. The Morgan fingerprint density at radius 2 is 2.10 bits per heavy atom. The molecule has 0 aromatic carbocycles. The van der Waals surface area contributed by atoms with Crippen molar-refractivity contribution < 1.29 is 0 Å². The Morgan fingerprint density at radius 1 is 1.30 bits per heavy atom. The van der Waals surface area contributed by atoms with Gasteiger partial charge >= 0.3 is 0 Å². The highest BCUT2D eigenvalue weighted by Crippen LogP contribution is 2.07. The second kappa shape index (κ2) is 7.04. The molecule has 20 heavy (non-hydrogen) atoms. The van der Waals surface area contributed by atoms with Gasteiger partial charge in [0.15, 0.2) is 0 Å². The predicted molar refractivity (Wildman–Crippen MR) is 83.3 cm³/mol. The monoisotopic (exact) mass is 339 g/mol. The Balaban J connectivity index is 1.84. The Hall–Kier alpha value is -1.14. The third kappa shape index (κ3) is 4.45. The van der Waals surface area contributed by atoms with Crippen molar-refractivity contribution in [1.82, 2.24) is 24.6 Å². The van der Waals surface area contributed by atoms with Crippen molar-refractivity contribution in [2.75, 3.05) is 0 Å². The van der Waals surface area contributed by atoms with Gasteiger partial charge in [0.2, 0.25) is 0 Å². The first-order chi connectivity index (χ1) is 9.54. The largest absolute Gasteiger partial charge is 0.334 e. The van der Waals surface area contributed by atoms with E-state index in [1.165, 1.54) is 0 Å². The smallest absolute Gasteiger partial charge is 0.122 e. The molecule has 1 unspecified atom stereocenters. The van der Waals surface area contributed by atoms with Crippen LogP contribution >= 0.6 is 15.9 Å². The van der Waals surface area contributed by atoms with E-state index in [0.717, 1.165) is 29.9 Å².